The zero-order valence-corrected chi connectivity index (χ0v) is 89.8. The lowest BCUT2D eigenvalue weighted by Crippen LogP contribution is -2.51. The average molecular weight is 1940 g/mol. The number of hydrogen-bond donors (Lipinski definition) is 4. The van der Waals surface area contributed by atoms with Gasteiger partial charge in [-0.2, -0.15) is 0 Å². The van der Waals surface area contributed by atoms with Gasteiger partial charge in [0.1, 0.15) is 57.5 Å². The second-order valence-corrected chi connectivity index (χ2v) is 40.7. The van der Waals surface area contributed by atoms with E-state index in [0.717, 1.165) is 319 Å². The maximum atomic E-state index is 12.8. The van der Waals surface area contributed by atoms with Gasteiger partial charge >= 0.3 is 0 Å². The molecule has 10 aromatic rings. The van der Waals surface area contributed by atoms with E-state index in [9.17, 15) is 20.4 Å². The summed E-state index contributed by atoms with van der Waals surface area (Å²) in [7, 11) is 0. The van der Waals surface area contributed by atoms with Crippen molar-refractivity contribution in [3.63, 3.8) is 0 Å². The number of hydrogen-bond acceptors (Lipinski definition) is 14. The van der Waals surface area contributed by atoms with Crippen molar-refractivity contribution in [1.29, 1.82) is 0 Å². The predicted molar refractivity (Wildman–Crippen MR) is 595 cm³/mol. The van der Waals surface area contributed by atoms with Gasteiger partial charge in [-0.3, -0.25) is 0 Å². The number of nitrogens with zero attached hydrogens (tertiary/aromatic N) is 2. The Bertz CT molecular complexity index is 4520. The molecule has 0 radical (unpaired) electrons. The first-order chi connectivity index (χ1) is 69.4. The molecule has 11 rings (SSSR count). The fourth-order valence-corrected chi connectivity index (χ4v) is 20.3. The summed E-state index contributed by atoms with van der Waals surface area (Å²) >= 11 is 0. The molecule has 8 atom stereocenters. The zero-order valence-electron chi connectivity index (χ0n) is 89.8. The first kappa shape index (κ1) is 112. The van der Waals surface area contributed by atoms with Crippen molar-refractivity contribution >= 4 is 34.1 Å². The Labute approximate surface area is 856 Å². The third-order valence-corrected chi connectivity index (χ3v) is 30.5. The fourth-order valence-electron chi connectivity index (χ4n) is 20.3. The van der Waals surface area contributed by atoms with Crippen LogP contribution in [0.1, 0.15) is 339 Å². The lowest BCUT2D eigenvalue weighted by Gasteiger charge is -2.47. The van der Waals surface area contributed by atoms with Crippen LogP contribution in [0.2, 0.25) is 0 Å². The van der Waals surface area contributed by atoms with Crippen molar-refractivity contribution < 1.29 is 58.3 Å². The Morgan fingerprint density at radius 2 is 0.380 bits per heavy atom. The van der Waals surface area contributed by atoms with Crippen LogP contribution in [-0.2, 0) is 0 Å². The molecule has 0 aliphatic heterocycles. The number of ether oxygens (including phenoxy) is 8. The quantitative estimate of drug-likeness (QED) is 0.0285. The molecular formula is C128H178N2O12. The van der Waals surface area contributed by atoms with Crippen LogP contribution in [0.3, 0.4) is 0 Å². The predicted octanol–water partition coefficient (Wildman–Crippen LogP) is 36.1. The normalized spacial score (nSPS) is 15.8. The zero-order chi connectivity index (χ0) is 101. The van der Waals surface area contributed by atoms with E-state index in [-0.39, 0.29) is 11.5 Å². The Kier molecular flexibility index (Phi) is 47.2. The smallest absolute Gasteiger partial charge is 0.130 e. The molecule has 1 aliphatic rings. The van der Waals surface area contributed by atoms with Crippen molar-refractivity contribution in [2.75, 3.05) is 62.7 Å². The van der Waals surface area contributed by atoms with Crippen LogP contribution >= 0.6 is 0 Å². The number of aliphatic hydroxyl groups is 2. The molecule has 1 aliphatic carbocycles. The third-order valence-electron chi connectivity index (χ3n) is 30.5. The van der Waals surface area contributed by atoms with E-state index in [0.29, 0.717) is 123 Å². The Balaban J connectivity index is 0.981. The summed E-state index contributed by atoms with van der Waals surface area (Å²) in [6.07, 6.45) is 33.0. The topological polar surface area (TPSA) is 161 Å². The molecule has 1 saturated carbocycles. The standard InChI is InChI=1S/C128H178N2O12/c1-17-33-45-91(25-9)83-135-113-53-41-54-114(136-84-92(26-10)46-34-18-2)121(113)99-61-69-103(70-62-99)129(104-71-63-100(64-72-104)122-115(137-85-93(27-11)47-35-19-3)55-42-56-116(122)138-86-94(28-12)48-36-20-4)107-77-79-109(111(131)81-107)125-127(133)126(128(125)134)110-80-78-108(82-112(110)132)130(105-73-65-101(66-74-105)123-117(139-87-95(29-13)49-37-21-5)57-43-58-118(123)140-88-96(30-14)50-38-22-6)106-75-67-102(68-76-106)124-119(141-89-97(31-15)51-39-23-7)59-44-60-120(124)142-90-98(32-16)52-40-24-8/h41-44,53-82,91-98,125-128,131-134H,17-40,45-52,83-90H2,1-16H3. The van der Waals surface area contributed by atoms with Crippen LogP contribution in [0.15, 0.2) is 206 Å². The van der Waals surface area contributed by atoms with Crippen LogP contribution in [0, 0.1) is 47.3 Å². The molecule has 0 saturated heterocycles. The van der Waals surface area contributed by atoms with Crippen molar-refractivity contribution in [3.8, 4) is 102 Å². The highest BCUT2D eigenvalue weighted by Crippen LogP contribution is 2.55. The maximum Gasteiger partial charge on any atom is 0.130 e. The molecule has 8 unspecified atom stereocenters. The van der Waals surface area contributed by atoms with E-state index in [1.807, 2.05) is 24.3 Å². The van der Waals surface area contributed by atoms with E-state index in [1.54, 1.807) is 12.1 Å². The summed E-state index contributed by atoms with van der Waals surface area (Å²) in [6, 6.07) is 70.2. The van der Waals surface area contributed by atoms with Gasteiger partial charge in [-0.1, -0.05) is 350 Å². The Hall–Kier alpha value is -10.3. The molecule has 1 fully saturated rings. The minimum Gasteiger partial charge on any atom is -0.508 e. The summed E-state index contributed by atoms with van der Waals surface area (Å²) in [5, 5.41) is 51.2. The van der Waals surface area contributed by atoms with Crippen LogP contribution in [0.25, 0.3) is 44.5 Å². The molecule has 0 bridgehead atoms. The van der Waals surface area contributed by atoms with Crippen LogP contribution < -0.4 is 47.7 Å². The molecular weight excluding hydrogens is 1760 g/mol. The Morgan fingerprint density at radius 1 is 0.218 bits per heavy atom. The van der Waals surface area contributed by atoms with Gasteiger partial charge in [0.15, 0.2) is 0 Å². The number of unbranched alkanes of at least 4 members (excludes halogenated alkanes) is 8. The van der Waals surface area contributed by atoms with Crippen molar-refractivity contribution in [1.82, 2.24) is 0 Å². The SMILES string of the molecule is CCCCC(CC)COc1cccc(OCC(CC)CCCC)c1-c1ccc(N(c2ccc(-c3c(OCC(CC)CCCC)cccc3OCC(CC)CCCC)cc2)c2ccc(C3C(O)C(c4ccc(N(c5ccc(-c6c(OCC(CC)CCCC)cccc6OCC(CC)CCCC)cc5)c5ccc(-c6c(OCC(CC)CCCC)cccc6OCC(CC)CCCC)cc5)cc4O)C3O)c(O)c2)cc1. The van der Waals surface area contributed by atoms with Gasteiger partial charge in [0, 0.05) is 69.2 Å². The van der Waals surface area contributed by atoms with Gasteiger partial charge in [-0.25, -0.2) is 0 Å². The van der Waals surface area contributed by atoms with E-state index in [1.165, 1.54) is 0 Å². The highest BCUT2D eigenvalue weighted by Gasteiger charge is 2.52. The third kappa shape index (κ3) is 30.9. The molecule has 0 heterocycles. The number of anilines is 6. The van der Waals surface area contributed by atoms with Gasteiger partial charge in [-0.15, -0.1) is 0 Å². The van der Waals surface area contributed by atoms with E-state index in [4.69, 9.17) is 37.9 Å². The van der Waals surface area contributed by atoms with Crippen molar-refractivity contribution in [2.24, 2.45) is 47.3 Å². The molecule has 14 nitrogen and oxygen atoms in total. The second kappa shape index (κ2) is 59.8. The Morgan fingerprint density at radius 3 is 0.528 bits per heavy atom. The van der Waals surface area contributed by atoms with Crippen LogP contribution in [-0.4, -0.2) is 85.5 Å². The summed E-state index contributed by atoms with van der Waals surface area (Å²) in [5.74, 6) is 7.62. The highest BCUT2D eigenvalue weighted by molar-refractivity contribution is 5.87. The molecule has 0 spiro atoms. The first-order valence-electron chi connectivity index (χ1n) is 56.0. The van der Waals surface area contributed by atoms with E-state index < -0.39 is 24.0 Å². The fraction of sp³-hybridized carbons (Fsp3) is 0.531. The molecule has 772 valence electrons. The van der Waals surface area contributed by atoms with Crippen LogP contribution in [0.5, 0.6) is 57.5 Å². The largest absolute Gasteiger partial charge is 0.508 e. The lowest BCUT2D eigenvalue weighted by molar-refractivity contribution is -0.0797. The summed E-state index contributed by atoms with van der Waals surface area (Å²) in [6.45, 7) is 40.9. The molecule has 142 heavy (non-hydrogen) atoms. The minimum atomic E-state index is -1.21. The van der Waals surface area contributed by atoms with Gasteiger partial charge in [0.2, 0.25) is 0 Å². The highest BCUT2D eigenvalue weighted by atomic mass is 16.5. The second-order valence-electron chi connectivity index (χ2n) is 40.7. The van der Waals surface area contributed by atoms with Gasteiger partial charge in [0.05, 0.1) is 87.3 Å². The van der Waals surface area contributed by atoms with Gasteiger partial charge < -0.3 is 68.1 Å². The van der Waals surface area contributed by atoms with Crippen molar-refractivity contribution in [2.45, 2.75) is 340 Å². The van der Waals surface area contributed by atoms with E-state index >= 15 is 0 Å². The minimum absolute atomic E-state index is 0.0905. The number of aliphatic hydroxyl groups excluding tert-OH is 2. The monoisotopic (exact) mass is 1940 g/mol. The summed E-state index contributed by atoms with van der Waals surface area (Å²) < 4.78 is 55.4. The number of rotatable bonds is 68. The first-order valence-corrected chi connectivity index (χ1v) is 56.0. The van der Waals surface area contributed by atoms with Crippen LogP contribution in [0.4, 0.5) is 34.1 Å². The van der Waals surface area contributed by atoms with E-state index in [2.05, 4.69) is 290 Å². The number of aromatic hydroxyl groups is 2. The molecule has 14 heteroatoms. The summed E-state index contributed by atoms with van der Waals surface area (Å²) in [4.78, 5) is 4.28. The van der Waals surface area contributed by atoms with Gasteiger partial charge in [-0.05, 0) is 230 Å². The number of benzene rings is 10. The lowest BCUT2D eigenvalue weighted by atomic mass is 9.63. The van der Waals surface area contributed by atoms with Crippen molar-refractivity contribution in [3.05, 3.63) is 217 Å². The molecule has 0 amide bonds. The average Bonchev–Trinajstić information content (AvgIpc) is 0.731. The molecule has 10 aromatic carbocycles. The maximum absolute atomic E-state index is 12.8. The summed E-state index contributed by atoms with van der Waals surface area (Å²) in [5.41, 5.74) is 12.8. The molecule has 4 N–H and O–H groups in total. The number of phenols is 2. The van der Waals surface area contributed by atoms with Gasteiger partial charge in [0.25, 0.3) is 0 Å². The molecule has 0 aromatic heterocycles. The number of phenolic OH excluding ortho intramolecular Hbond substituents is 2.